The maximum absolute atomic E-state index is 6.25. The lowest BCUT2D eigenvalue weighted by Gasteiger charge is -2.21. The first kappa shape index (κ1) is 20.4. The van der Waals surface area contributed by atoms with E-state index in [1.165, 1.54) is 27.8 Å². The molecule has 1 aromatic heterocycles. The zero-order valence-corrected chi connectivity index (χ0v) is 18.9. The van der Waals surface area contributed by atoms with Crippen molar-refractivity contribution in [3.63, 3.8) is 0 Å². The van der Waals surface area contributed by atoms with Crippen molar-refractivity contribution < 1.29 is 4.42 Å². The van der Waals surface area contributed by atoms with Gasteiger partial charge in [0.15, 0.2) is 5.58 Å². The van der Waals surface area contributed by atoms with Crippen LogP contribution < -0.4 is 0 Å². The normalized spacial score (nSPS) is 12.5. The summed E-state index contributed by atoms with van der Waals surface area (Å²) in [5.74, 6) is 0.757. The molecule has 0 spiro atoms. The van der Waals surface area contributed by atoms with Gasteiger partial charge in [0, 0.05) is 0 Å². The molecule has 4 rings (SSSR count). The van der Waals surface area contributed by atoms with Crippen LogP contribution in [0.4, 0.5) is 0 Å². The van der Waals surface area contributed by atoms with Crippen molar-refractivity contribution in [1.29, 1.82) is 0 Å². The highest BCUT2D eigenvalue weighted by Crippen LogP contribution is 2.33. The number of hydrogen-bond acceptors (Lipinski definition) is 2. The van der Waals surface area contributed by atoms with E-state index in [1.807, 2.05) is 0 Å². The van der Waals surface area contributed by atoms with E-state index in [0.717, 1.165) is 23.4 Å². The second-order valence-electron chi connectivity index (χ2n) is 9.94. The van der Waals surface area contributed by atoms with Gasteiger partial charge in [-0.3, -0.25) is 0 Å². The van der Waals surface area contributed by atoms with Crippen molar-refractivity contribution in [2.45, 2.75) is 58.8 Å². The van der Waals surface area contributed by atoms with Crippen LogP contribution in [0.15, 0.2) is 71.1 Å². The van der Waals surface area contributed by atoms with E-state index < -0.39 is 0 Å². The van der Waals surface area contributed by atoms with Crippen LogP contribution in [0.1, 0.15) is 68.3 Å². The monoisotopic (exact) mass is 397 g/mol. The molecule has 0 aliphatic rings. The first-order valence-corrected chi connectivity index (χ1v) is 10.7. The average molecular weight is 398 g/mol. The first-order valence-electron chi connectivity index (χ1n) is 10.7. The van der Waals surface area contributed by atoms with Crippen LogP contribution in [0.25, 0.3) is 11.1 Å². The quantitative estimate of drug-likeness (QED) is 0.360. The summed E-state index contributed by atoms with van der Waals surface area (Å²) in [4.78, 5) is 4.80. The molecule has 0 atom stereocenters. The fourth-order valence-electron chi connectivity index (χ4n) is 3.80. The lowest BCUT2D eigenvalue weighted by atomic mass is 9.84. The molecule has 0 bridgehead atoms. The third kappa shape index (κ3) is 4.05. The van der Waals surface area contributed by atoms with Gasteiger partial charge in [-0.25, -0.2) is 4.98 Å². The number of benzene rings is 3. The molecule has 0 N–H and O–H groups in total. The van der Waals surface area contributed by atoms with E-state index in [1.54, 1.807) is 0 Å². The van der Waals surface area contributed by atoms with Crippen LogP contribution in [-0.2, 0) is 17.3 Å². The van der Waals surface area contributed by atoms with Crippen molar-refractivity contribution in [3.8, 4) is 0 Å². The smallest absolute Gasteiger partial charge is 0.205 e. The molecule has 3 aromatic carbocycles. The van der Waals surface area contributed by atoms with Gasteiger partial charge in [0.1, 0.15) is 5.52 Å². The highest BCUT2D eigenvalue weighted by molar-refractivity contribution is 5.74. The first-order chi connectivity index (χ1) is 14.1. The largest absolute Gasteiger partial charge is 0.440 e. The molecule has 0 aliphatic carbocycles. The van der Waals surface area contributed by atoms with Crippen LogP contribution in [0.2, 0.25) is 0 Å². The minimum Gasteiger partial charge on any atom is -0.440 e. The molecule has 0 amide bonds. The minimum atomic E-state index is -0.282. The Morgan fingerprint density at radius 2 is 1.33 bits per heavy atom. The van der Waals surface area contributed by atoms with Crippen molar-refractivity contribution in [3.05, 3.63) is 100 Å². The van der Waals surface area contributed by atoms with Gasteiger partial charge < -0.3 is 4.42 Å². The summed E-state index contributed by atoms with van der Waals surface area (Å²) in [5, 5.41) is 0. The molecule has 0 saturated carbocycles. The predicted molar refractivity (Wildman–Crippen MR) is 125 cm³/mol. The number of nitrogens with zero attached hydrogens (tertiary/aromatic N) is 1. The lowest BCUT2D eigenvalue weighted by molar-refractivity contribution is 0.433. The maximum Gasteiger partial charge on any atom is 0.205 e. The summed E-state index contributed by atoms with van der Waals surface area (Å²) in [7, 11) is 0. The van der Waals surface area contributed by atoms with Crippen LogP contribution in [0.5, 0.6) is 0 Å². The van der Waals surface area contributed by atoms with Crippen molar-refractivity contribution in [2.24, 2.45) is 0 Å². The summed E-state index contributed by atoms with van der Waals surface area (Å²) < 4.78 is 6.25. The zero-order chi connectivity index (χ0) is 21.5. The molecule has 0 radical (unpaired) electrons. The number of aromatic nitrogens is 1. The Labute approximate surface area is 180 Å². The number of rotatable bonds is 4. The van der Waals surface area contributed by atoms with Crippen LogP contribution in [0.3, 0.4) is 0 Å². The summed E-state index contributed by atoms with van der Waals surface area (Å²) in [6, 6.07) is 23.9. The highest BCUT2D eigenvalue weighted by atomic mass is 16.3. The molecule has 0 fully saturated rings. The number of aryl methyl sites for hydroxylation is 1. The Morgan fingerprint density at radius 3 is 1.97 bits per heavy atom. The van der Waals surface area contributed by atoms with Gasteiger partial charge in [-0.15, -0.1) is 0 Å². The lowest BCUT2D eigenvalue weighted by Crippen LogP contribution is -2.19. The van der Waals surface area contributed by atoms with E-state index in [-0.39, 0.29) is 10.8 Å². The van der Waals surface area contributed by atoms with Crippen LogP contribution in [0, 0.1) is 6.92 Å². The second-order valence-corrected chi connectivity index (χ2v) is 9.94. The fraction of sp³-hybridized carbons (Fsp3) is 0.321. The van der Waals surface area contributed by atoms with E-state index >= 15 is 0 Å². The third-order valence-corrected chi connectivity index (χ3v) is 5.99. The average Bonchev–Trinajstić information content (AvgIpc) is 3.12. The van der Waals surface area contributed by atoms with Crippen LogP contribution >= 0.6 is 0 Å². The fourth-order valence-corrected chi connectivity index (χ4v) is 3.80. The Kier molecular flexibility index (Phi) is 5.05. The Balaban J connectivity index is 1.60. The molecule has 0 unspecified atom stereocenters. The van der Waals surface area contributed by atoms with E-state index in [4.69, 9.17) is 9.40 Å². The van der Waals surface area contributed by atoms with Crippen molar-refractivity contribution in [2.75, 3.05) is 0 Å². The van der Waals surface area contributed by atoms with Gasteiger partial charge in [0.25, 0.3) is 0 Å². The molecule has 1 heterocycles. The standard InChI is InChI=1S/C28H31NO/c1-19-7-12-23(13-8-19)28(5,6)26-29-24-16-11-21(18-25(24)30-26)17-20-9-14-22(15-10-20)27(2,3)4/h7-16,18H,17H2,1-6H3. The molecule has 2 nitrogen and oxygen atoms in total. The summed E-state index contributed by atoms with van der Waals surface area (Å²) in [6.07, 6.45) is 0.887. The number of hydrogen-bond donors (Lipinski definition) is 0. The summed E-state index contributed by atoms with van der Waals surface area (Å²) in [5.41, 5.74) is 8.04. The van der Waals surface area contributed by atoms with Gasteiger partial charge >= 0.3 is 0 Å². The zero-order valence-electron chi connectivity index (χ0n) is 18.9. The maximum atomic E-state index is 6.25. The Hall–Kier alpha value is -2.87. The summed E-state index contributed by atoms with van der Waals surface area (Å²) >= 11 is 0. The van der Waals surface area contributed by atoms with Crippen LogP contribution in [-0.4, -0.2) is 4.98 Å². The van der Waals surface area contributed by atoms with Gasteiger partial charge in [0.05, 0.1) is 5.41 Å². The minimum absolute atomic E-state index is 0.179. The molecule has 2 heteroatoms. The van der Waals surface area contributed by atoms with E-state index in [0.29, 0.717) is 0 Å². The second kappa shape index (κ2) is 7.43. The van der Waals surface area contributed by atoms with Gasteiger partial charge in [-0.2, -0.15) is 0 Å². The van der Waals surface area contributed by atoms with Crippen molar-refractivity contribution in [1.82, 2.24) is 4.98 Å². The molecule has 0 saturated heterocycles. The van der Waals surface area contributed by atoms with Gasteiger partial charge in [-0.05, 0) is 67.0 Å². The Bertz CT molecular complexity index is 1160. The highest BCUT2D eigenvalue weighted by Gasteiger charge is 2.29. The number of oxazole rings is 1. The molecule has 154 valence electrons. The van der Waals surface area contributed by atoms with Gasteiger partial charge in [0.2, 0.25) is 5.89 Å². The van der Waals surface area contributed by atoms with E-state index in [9.17, 15) is 0 Å². The third-order valence-electron chi connectivity index (χ3n) is 5.99. The Morgan fingerprint density at radius 1 is 0.733 bits per heavy atom. The molecular weight excluding hydrogens is 366 g/mol. The molecular formula is C28H31NO. The van der Waals surface area contributed by atoms with Crippen molar-refractivity contribution >= 4 is 11.1 Å². The molecule has 4 aromatic rings. The topological polar surface area (TPSA) is 26.0 Å². The summed E-state index contributed by atoms with van der Waals surface area (Å²) in [6.45, 7) is 13.2. The molecule has 0 aliphatic heterocycles. The molecule has 30 heavy (non-hydrogen) atoms. The van der Waals surface area contributed by atoms with Gasteiger partial charge in [-0.1, -0.05) is 80.9 Å². The SMILES string of the molecule is Cc1ccc(C(C)(C)c2nc3ccc(Cc4ccc(C(C)(C)C)cc4)cc3o2)cc1. The predicted octanol–water partition coefficient (Wildman–Crippen LogP) is 7.35. The number of fused-ring (bicyclic) bond motifs is 1. The van der Waals surface area contributed by atoms with E-state index in [2.05, 4.69) is 108 Å².